The maximum absolute atomic E-state index is 2.87. The van der Waals surface area contributed by atoms with E-state index >= 15 is 0 Å². The van der Waals surface area contributed by atoms with Crippen molar-refractivity contribution < 1.29 is 0 Å². The van der Waals surface area contributed by atoms with Gasteiger partial charge in [-0.25, -0.2) is 0 Å². The average molecular weight is 325 g/mol. The van der Waals surface area contributed by atoms with Gasteiger partial charge in [0.1, 0.15) is 0 Å². The third-order valence-corrected chi connectivity index (χ3v) is 7.14. The van der Waals surface area contributed by atoms with E-state index in [4.69, 9.17) is 0 Å². The Bertz CT molecular complexity index is 553. The van der Waals surface area contributed by atoms with E-state index in [1.54, 1.807) is 5.56 Å². The molecule has 2 aliphatic heterocycles. The van der Waals surface area contributed by atoms with Gasteiger partial charge in [0.2, 0.25) is 0 Å². The summed E-state index contributed by atoms with van der Waals surface area (Å²) in [4.78, 5) is 5.65. The molecule has 1 aromatic carbocycles. The lowest BCUT2D eigenvalue weighted by Gasteiger charge is -2.50. The van der Waals surface area contributed by atoms with Gasteiger partial charge in [0.25, 0.3) is 0 Å². The highest BCUT2D eigenvalue weighted by Gasteiger charge is 2.45. The summed E-state index contributed by atoms with van der Waals surface area (Å²) in [5, 5.41) is 0. The SMILES string of the molecule is c1ccc([C@@H]2CN(C3CC3)CC3(CCN(CC4CC4)CC3)C2)cc1. The van der Waals surface area contributed by atoms with Gasteiger partial charge in [0.15, 0.2) is 0 Å². The Labute approximate surface area is 147 Å². The molecule has 2 nitrogen and oxygen atoms in total. The molecule has 2 saturated carbocycles. The number of piperidine rings is 2. The summed E-state index contributed by atoms with van der Waals surface area (Å²) in [6.07, 6.45) is 10.2. The van der Waals surface area contributed by atoms with Crippen molar-refractivity contribution in [2.45, 2.75) is 56.9 Å². The Morgan fingerprint density at radius 3 is 2.38 bits per heavy atom. The molecule has 0 unspecified atom stereocenters. The Morgan fingerprint density at radius 2 is 1.71 bits per heavy atom. The number of hydrogen-bond donors (Lipinski definition) is 0. The number of rotatable bonds is 4. The highest BCUT2D eigenvalue weighted by atomic mass is 15.2. The first kappa shape index (κ1) is 15.4. The van der Waals surface area contributed by atoms with Crippen molar-refractivity contribution >= 4 is 0 Å². The van der Waals surface area contributed by atoms with Gasteiger partial charge >= 0.3 is 0 Å². The van der Waals surface area contributed by atoms with Crippen molar-refractivity contribution in [2.24, 2.45) is 11.3 Å². The lowest BCUT2D eigenvalue weighted by Crippen LogP contribution is -2.52. The van der Waals surface area contributed by atoms with E-state index < -0.39 is 0 Å². The van der Waals surface area contributed by atoms with Crippen LogP contribution in [-0.4, -0.2) is 48.6 Å². The Balaban J connectivity index is 1.31. The zero-order valence-corrected chi connectivity index (χ0v) is 15.0. The quantitative estimate of drug-likeness (QED) is 0.821. The first-order valence-electron chi connectivity index (χ1n) is 10.3. The third-order valence-electron chi connectivity index (χ3n) is 7.14. The van der Waals surface area contributed by atoms with Crippen LogP contribution in [0.4, 0.5) is 0 Å². The predicted octanol–water partition coefficient (Wildman–Crippen LogP) is 4.13. The number of nitrogens with zero attached hydrogens (tertiary/aromatic N) is 2. The van der Waals surface area contributed by atoms with Crippen molar-refractivity contribution in [1.29, 1.82) is 0 Å². The van der Waals surface area contributed by atoms with E-state index in [1.165, 1.54) is 77.7 Å². The van der Waals surface area contributed by atoms with Crippen LogP contribution < -0.4 is 0 Å². The van der Waals surface area contributed by atoms with E-state index in [9.17, 15) is 0 Å². The average Bonchev–Trinajstić information content (AvgIpc) is 3.52. The lowest BCUT2D eigenvalue weighted by molar-refractivity contribution is 0.00927. The summed E-state index contributed by atoms with van der Waals surface area (Å²) in [5.41, 5.74) is 2.18. The Morgan fingerprint density at radius 1 is 0.958 bits per heavy atom. The number of hydrogen-bond acceptors (Lipinski definition) is 2. The molecule has 0 N–H and O–H groups in total. The fourth-order valence-electron chi connectivity index (χ4n) is 5.33. The Kier molecular flexibility index (Phi) is 3.94. The topological polar surface area (TPSA) is 6.48 Å². The van der Waals surface area contributed by atoms with E-state index in [0.717, 1.165) is 17.9 Å². The highest BCUT2D eigenvalue weighted by molar-refractivity contribution is 5.22. The molecular weight excluding hydrogens is 292 g/mol. The largest absolute Gasteiger partial charge is 0.303 e. The van der Waals surface area contributed by atoms with Crippen LogP contribution in [0.25, 0.3) is 0 Å². The van der Waals surface area contributed by atoms with Crippen LogP contribution in [-0.2, 0) is 0 Å². The number of likely N-dealkylation sites (tertiary alicyclic amines) is 2. The molecular formula is C22H32N2. The molecule has 0 bridgehead atoms. The molecule has 0 aromatic heterocycles. The van der Waals surface area contributed by atoms with Crippen LogP contribution in [0.15, 0.2) is 30.3 Å². The van der Waals surface area contributed by atoms with Crippen LogP contribution in [0.1, 0.15) is 56.4 Å². The minimum absolute atomic E-state index is 0.599. The van der Waals surface area contributed by atoms with E-state index in [0.29, 0.717) is 5.41 Å². The highest BCUT2D eigenvalue weighted by Crippen LogP contribution is 2.48. The van der Waals surface area contributed by atoms with Crippen LogP contribution in [0, 0.1) is 11.3 Å². The summed E-state index contributed by atoms with van der Waals surface area (Å²) in [5.74, 6) is 1.81. The zero-order chi connectivity index (χ0) is 16.0. The summed E-state index contributed by atoms with van der Waals surface area (Å²) in [7, 11) is 0. The summed E-state index contributed by atoms with van der Waals surface area (Å²) < 4.78 is 0. The molecule has 2 saturated heterocycles. The van der Waals surface area contributed by atoms with Gasteiger partial charge in [-0.15, -0.1) is 0 Å². The molecule has 2 heteroatoms. The molecule has 24 heavy (non-hydrogen) atoms. The maximum Gasteiger partial charge on any atom is 0.00968 e. The molecule has 5 rings (SSSR count). The fraction of sp³-hybridized carbons (Fsp3) is 0.727. The molecule has 1 atom stereocenters. The molecule has 130 valence electrons. The monoisotopic (exact) mass is 324 g/mol. The standard InChI is InChI=1S/C22H32N2/c1-2-4-19(5-3-1)20-14-22(17-24(16-20)21-8-9-21)10-12-23(13-11-22)15-18-6-7-18/h1-5,18,20-21H,6-17H2/t20-/m0/s1. The van der Waals surface area contributed by atoms with E-state index in [2.05, 4.69) is 40.1 Å². The second-order valence-corrected chi connectivity index (χ2v) is 9.22. The molecule has 2 heterocycles. The smallest absolute Gasteiger partial charge is 0.00968 e. The second kappa shape index (κ2) is 6.14. The second-order valence-electron chi connectivity index (χ2n) is 9.22. The van der Waals surface area contributed by atoms with Gasteiger partial charge in [0.05, 0.1) is 0 Å². The van der Waals surface area contributed by atoms with E-state index in [-0.39, 0.29) is 0 Å². The lowest BCUT2D eigenvalue weighted by atomic mass is 9.68. The maximum atomic E-state index is 2.87. The van der Waals surface area contributed by atoms with Gasteiger partial charge in [-0.3, -0.25) is 4.90 Å². The van der Waals surface area contributed by atoms with Gasteiger partial charge in [-0.2, -0.15) is 0 Å². The normalized spacial score (nSPS) is 31.4. The molecule has 0 radical (unpaired) electrons. The van der Waals surface area contributed by atoms with E-state index in [1.807, 2.05) is 0 Å². The Hall–Kier alpha value is -0.860. The predicted molar refractivity (Wildman–Crippen MR) is 99.2 cm³/mol. The fourth-order valence-corrected chi connectivity index (χ4v) is 5.33. The van der Waals surface area contributed by atoms with Crippen LogP contribution in [0.5, 0.6) is 0 Å². The van der Waals surface area contributed by atoms with Gasteiger partial charge in [-0.1, -0.05) is 30.3 Å². The van der Waals surface area contributed by atoms with Crippen molar-refractivity contribution in [3.63, 3.8) is 0 Å². The molecule has 1 aromatic rings. The van der Waals surface area contributed by atoms with Gasteiger partial charge in [0, 0.05) is 25.7 Å². The molecule has 2 aliphatic carbocycles. The van der Waals surface area contributed by atoms with Crippen LogP contribution in [0.3, 0.4) is 0 Å². The minimum atomic E-state index is 0.599. The van der Waals surface area contributed by atoms with Crippen LogP contribution >= 0.6 is 0 Å². The molecule has 4 fully saturated rings. The van der Waals surface area contributed by atoms with Crippen molar-refractivity contribution in [3.8, 4) is 0 Å². The van der Waals surface area contributed by atoms with Gasteiger partial charge in [-0.05, 0) is 80.8 Å². The minimum Gasteiger partial charge on any atom is -0.303 e. The van der Waals surface area contributed by atoms with Crippen molar-refractivity contribution in [2.75, 3.05) is 32.7 Å². The zero-order valence-electron chi connectivity index (χ0n) is 15.0. The first-order valence-corrected chi connectivity index (χ1v) is 10.3. The van der Waals surface area contributed by atoms with Crippen LogP contribution in [0.2, 0.25) is 0 Å². The molecule has 4 aliphatic rings. The van der Waals surface area contributed by atoms with Crippen molar-refractivity contribution in [3.05, 3.63) is 35.9 Å². The summed E-state index contributed by atoms with van der Waals surface area (Å²) in [6.45, 7) is 6.80. The first-order chi connectivity index (χ1) is 11.8. The molecule has 1 spiro atoms. The van der Waals surface area contributed by atoms with Crippen molar-refractivity contribution in [1.82, 2.24) is 9.80 Å². The summed E-state index contributed by atoms with van der Waals surface area (Å²) >= 11 is 0. The third kappa shape index (κ3) is 3.28. The molecule has 0 amide bonds. The number of benzene rings is 1. The van der Waals surface area contributed by atoms with Gasteiger partial charge < -0.3 is 4.90 Å². The summed E-state index contributed by atoms with van der Waals surface area (Å²) in [6, 6.07) is 12.3.